The Morgan fingerprint density at radius 1 is 0.881 bits per heavy atom. The number of nitrogens with zero attached hydrogens (tertiary/aromatic N) is 1. The molecule has 1 aliphatic carbocycles. The molecule has 0 aromatic heterocycles. The molecule has 0 spiro atoms. The zero-order valence-corrected chi connectivity index (χ0v) is 24.3. The van der Waals surface area contributed by atoms with E-state index in [0.717, 1.165) is 24.8 Å². The van der Waals surface area contributed by atoms with Crippen molar-refractivity contribution in [3.8, 4) is 5.75 Å². The van der Waals surface area contributed by atoms with E-state index in [2.05, 4.69) is 12.2 Å². The second kappa shape index (κ2) is 12.8. The van der Waals surface area contributed by atoms with Gasteiger partial charge in [-0.05, 0) is 61.4 Å². The van der Waals surface area contributed by atoms with Crippen LogP contribution in [-0.2, 0) is 19.1 Å². The third-order valence-electron chi connectivity index (χ3n) is 8.65. The van der Waals surface area contributed by atoms with Crippen LogP contribution in [0.5, 0.6) is 5.75 Å². The zero-order valence-electron chi connectivity index (χ0n) is 24.3. The molecule has 1 heterocycles. The van der Waals surface area contributed by atoms with E-state index in [1.54, 1.807) is 48.4 Å². The summed E-state index contributed by atoms with van der Waals surface area (Å²) in [6.45, 7) is 2.14. The van der Waals surface area contributed by atoms with Crippen molar-refractivity contribution in [2.75, 3.05) is 14.2 Å². The fourth-order valence-electron chi connectivity index (χ4n) is 6.19. The fraction of sp³-hybridized carbons (Fsp3) is 0.382. The minimum Gasteiger partial charge on any atom is -0.497 e. The van der Waals surface area contributed by atoms with Crippen molar-refractivity contribution < 1.29 is 28.6 Å². The summed E-state index contributed by atoms with van der Waals surface area (Å²) in [6, 6.07) is 24.9. The highest BCUT2D eigenvalue weighted by molar-refractivity contribution is 5.96. The standard InChI is InChI=1S/C34H38N2O6/c1-4-23-19-21-34(22-20-23,33(39)41-3)35-30(37)29-28(24-11-7-5-8-12-24)36(31(38)25-13-9-6-10-14-25)32(42-29)26-15-17-27(40-2)18-16-26/h5-18,23,28-29,32H,4,19-22H2,1-3H3,(H,35,37)/t23?,28-,29+,32?,34?/m0/s1. The highest BCUT2D eigenvalue weighted by Crippen LogP contribution is 2.45. The van der Waals surface area contributed by atoms with Gasteiger partial charge < -0.3 is 19.5 Å². The predicted molar refractivity (Wildman–Crippen MR) is 158 cm³/mol. The zero-order chi connectivity index (χ0) is 29.7. The summed E-state index contributed by atoms with van der Waals surface area (Å²) >= 11 is 0. The topological polar surface area (TPSA) is 94.2 Å². The Labute approximate surface area is 247 Å². The first-order valence-electron chi connectivity index (χ1n) is 14.5. The summed E-state index contributed by atoms with van der Waals surface area (Å²) in [7, 11) is 2.93. The van der Waals surface area contributed by atoms with Gasteiger partial charge in [-0.3, -0.25) is 14.5 Å². The third kappa shape index (κ3) is 5.77. The Balaban J connectivity index is 1.56. The molecule has 0 bridgehead atoms. The van der Waals surface area contributed by atoms with E-state index in [9.17, 15) is 14.4 Å². The summed E-state index contributed by atoms with van der Waals surface area (Å²) in [6.07, 6.45) is 1.67. The number of hydrogen-bond acceptors (Lipinski definition) is 6. The molecule has 5 rings (SSSR count). The average molecular weight is 571 g/mol. The van der Waals surface area contributed by atoms with Crippen LogP contribution in [0.3, 0.4) is 0 Å². The third-order valence-corrected chi connectivity index (χ3v) is 8.65. The number of hydrogen-bond donors (Lipinski definition) is 1. The Bertz CT molecular complexity index is 1370. The molecule has 1 saturated carbocycles. The molecule has 3 aromatic carbocycles. The van der Waals surface area contributed by atoms with E-state index in [1.165, 1.54) is 7.11 Å². The lowest BCUT2D eigenvalue weighted by atomic mass is 9.75. The van der Waals surface area contributed by atoms with Crippen LogP contribution in [0.1, 0.15) is 72.8 Å². The Kier molecular flexibility index (Phi) is 8.92. The molecule has 1 N–H and O–H groups in total. The molecule has 220 valence electrons. The SMILES string of the molecule is CCC1CCC(NC(=O)[C@@H]2OC(c3ccc(OC)cc3)N(C(=O)c3ccccc3)[C@H]2c2ccccc2)(C(=O)OC)CC1. The van der Waals surface area contributed by atoms with Gasteiger partial charge in [-0.15, -0.1) is 0 Å². The predicted octanol–water partition coefficient (Wildman–Crippen LogP) is 5.60. The first-order valence-corrected chi connectivity index (χ1v) is 14.5. The first-order chi connectivity index (χ1) is 20.4. The van der Waals surface area contributed by atoms with Crippen LogP contribution in [0.2, 0.25) is 0 Å². The van der Waals surface area contributed by atoms with E-state index in [1.807, 2.05) is 48.5 Å². The molecule has 0 radical (unpaired) electrons. The van der Waals surface area contributed by atoms with E-state index < -0.39 is 35.8 Å². The van der Waals surface area contributed by atoms with Crippen LogP contribution >= 0.6 is 0 Å². The van der Waals surface area contributed by atoms with Crippen LogP contribution in [0.15, 0.2) is 84.9 Å². The number of carbonyl (C=O) groups excluding carboxylic acids is 3. The highest BCUT2D eigenvalue weighted by Gasteiger charge is 2.52. The van der Waals surface area contributed by atoms with Gasteiger partial charge in [0.1, 0.15) is 11.3 Å². The fourth-order valence-corrected chi connectivity index (χ4v) is 6.19. The molecule has 1 saturated heterocycles. The van der Waals surface area contributed by atoms with Crippen molar-refractivity contribution >= 4 is 17.8 Å². The van der Waals surface area contributed by atoms with Crippen molar-refractivity contribution in [1.29, 1.82) is 0 Å². The monoisotopic (exact) mass is 570 g/mol. The molecular weight excluding hydrogens is 532 g/mol. The first kappa shape index (κ1) is 29.3. The number of methoxy groups -OCH3 is 2. The van der Waals surface area contributed by atoms with Crippen LogP contribution in [-0.4, -0.2) is 48.5 Å². The second-order valence-electron chi connectivity index (χ2n) is 11.0. The van der Waals surface area contributed by atoms with Gasteiger partial charge in [0.05, 0.1) is 20.3 Å². The lowest BCUT2D eigenvalue weighted by molar-refractivity contribution is -0.155. The van der Waals surface area contributed by atoms with Crippen LogP contribution in [0, 0.1) is 5.92 Å². The van der Waals surface area contributed by atoms with Gasteiger partial charge in [0.2, 0.25) is 0 Å². The molecule has 2 amide bonds. The van der Waals surface area contributed by atoms with Crippen LogP contribution in [0.4, 0.5) is 0 Å². The van der Waals surface area contributed by atoms with Gasteiger partial charge in [-0.2, -0.15) is 0 Å². The Morgan fingerprint density at radius 2 is 1.50 bits per heavy atom. The quantitative estimate of drug-likeness (QED) is 0.354. The molecule has 1 unspecified atom stereocenters. The van der Waals surface area contributed by atoms with E-state index in [0.29, 0.717) is 35.6 Å². The smallest absolute Gasteiger partial charge is 0.331 e. The molecule has 42 heavy (non-hydrogen) atoms. The van der Waals surface area contributed by atoms with E-state index >= 15 is 0 Å². The van der Waals surface area contributed by atoms with Gasteiger partial charge in [-0.1, -0.05) is 74.0 Å². The largest absolute Gasteiger partial charge is 0.497 e. The van der Waals surface area contributed by atoms with Gasteiger partial charge in [0.25, 0.3) is 11.8 Å². The van der Waals surface area contributed by atoms with Crippen molar-refractivity contribution in [3.63, 3.8) is 0 Å². The van der Waals surface area contributed by atoms with Crippen LogP contribution < -0.4 is 10.1 Å². The van der Waals surface area contributed by atoms with Crippen molar-refractivity contribution in [1.82, 2.24) is 10.2 Å². The lowest BCUT2D eigenvalue weighted by Gasteiger charge is -2.39. The second-order valence-corrected chi connectivity index (χ2v) is 11.0. The van der Waals surface area contributed by atoms with Crippen molar-refractivity contribution in [2.45, 2.75) is 62.9 Å². The minimum atomic E-state index is -1.14. The Morgan fingerprint density at radius 3 is 2.07 bits per heavy atom. The summed E-state index contributed by atoms with van der Waals surface area (Å²) < 4.78 is 17.1. The van der Waals surface area contributed by atoms with Gasteiger partial charge >= 0.3 is 5.97 Å². The number of rotatable bonds is 8. The van der Waals surface area contributed by atoms with Gasteiger partial charge in [0, 0.05) is 11.1 Å². The van der Waals surface area contributed by atoms with E-state index in [-0.39, 0.29) is 5.91 Å². The maximum Gasteiger partial charge on any atom is 0.331 e. The maximum absolute atomic E-state index is 14.3. The number of ether oxygens (including phenoxy) is 3. The average Bonchev–Trinajstić information content (AvgIpc) is 3.46. The molecule has 3 atom stereocenters. The summed E-state index contributed by atoms with van der Waals surface area (Å²) in [4.78, 5) is 43.2. The number of benzene rings is 3. The molecule has 8 heteroatoms. The highest BCUT2D eigenvalue weighted by atomic mass is 16.5. The number of carbonyl (C=O) groups is 3. The molecular formula is C34H38N2O6. The van der Waals surface area contributed by atoms with Crippen molar-refractivity contribution in [3.05, 3.63) is 102 Å². The van der Waals surface area contributed by atoms with Crippen LogP contribution in [0.25, 0.3) is 0 Å². The summed E-state index contributed by atoms with van der Waals surface area (Å²) in [5, 5.41) is 3.06. The molecule has 2 fully saturated rings. The molecule has 3 aromatic rings. The maximum atomic E-state index is 14.3. The number of esters is 1. The minimum absolute atomic E-state index is 0.272. The van der Waals surface area contributed by atoms with E-state index in [4.69, 9.17) is 14.2 Å². The van der Waals surface area contributed by atoms with Gasteiger partial charge in [0.15, 0.2) is 12.3 Å². The van der Waals surface area contributed by atoms with Gasteiger partial charge in [-0.25, -0.2) is 4.79 Å². The molecule has 1 aliphatic heterocycles. The normalized spacial score (nSPS) is 25.5. The lowest BCUT2D eigenvalue weighted by Crippen LogP contribution is -2.59. The molecule has 8 nitrogen and oxygen atoms in total. The summed E-state index contributed by atoms with van der Waals surface area (Å²) in [5.74, 6) is -0.0198. The number of nitrogens with one attached hydrogen (secondary N) is 1. The molecule has 2 aliphatic rings. The summed E-state index contributed by atoms with van der Waals surface area (Å²) in [5.41, 5.74) is 0.780. The number of amides is 2. The van der Waals surface area contributed by atoms with Crippen molar-refractivity contribution in [2.24, 2.45) is 5.92 Å². The Hall–Kier alpha value is -4.17.